The molecule has 1 atom stereocenters. The van der Waals surface area contributed by atoms with E-state index in [0.717, 1.165) is 29.6 Å². The van der Waals surface area contributed by atoms with Gasteiger partial charge in [0.05, 0.1) is 17.3 Å². The lowest BCUT2D eigenvalue weighted by molar-refractivity contribution is 0.0981. The number of hydrogen-bond donors (Lipinski definition) is 3. The number of sulfonamides is 1. The van der Waals surface area contributed by atoms with E-state index in [1.165, 1.54) is 6.07 Å². The highest BCUT2D eigenvalue weighted by atomic mass is 32.2. The van der Waals surface area contributed by atoms with Gasteiger partial charge in [0.2, 0.25) is 0 Å². The van der Waals surface area contributed by atoms with Crippen LogP contribution in [-0.2, 0) is 10.0 Å². The molecule has 1 saturated heterocycles. The SMILES string of the molecule is CC1CN(c2ncccc2C(=O)NS(=O)(=O)c2cccc(Nc3ccc4[nH]ncc4c3)n2)C(C)(C)C1. The van der Waals surface area contributed by atoms with E-state index in [2.05, 4.69) is 55.9 Å². The van der Waals surface area contributed by atoms with Gasteiger partial charge in [-0.25, -0.2) is 14.7 Å². The number of nitrogens with zero attached hydrogens (tertiary/aromatic N) is 4. The molecule has 4 heterocycles. The first-order valence-corrected chi connectivity index (χ1v) is 13.1. The van der Waals surface area contributed by atoms with Crippen molar-refractivity contribution in [2.45, 2.75) is 37.8 Å². The molecule has 1 aromatic carbocycles. The first-order valence-electron chi connectivity index (χ1n) is 11.6. The van der Waals surface area contributed by atoms with E-state index in [9.17, 15) is 13.2 Å². The average molecular weight is 506 g/mol. The molecule has 0 saturated carbocycles. The molecule has 4 aromatic rings. The zero-order valence-corrected chi connectivity index (χ0v) is 21.0. The summed E-state index contributed by atoms with van der Waals surface area (Å²) in [6.07, 6.45) is 4.25. The van der Waals surface area contributed by atoms with Crippen LogP contribution in [0.2, 0.25) is 0 Å². The minimum absolute atomic E-state index is 0.200. The second-order valence-corrected chi connectivity index (χ2v) is 11.3. The number of aromatic amines is 1. The van der Waals surface area contributed by atoms with Gasteiger partial charge in [-0.05, 0) is 68.7 Å². The van der Waals surface area contributed by atoms with Crippen molar-refractivity contribution < 1.29 is 13.2 Å². The van der Waals surface area contributed by atoms with Crippen molar-refractivity contribution in [2.24, 2.45) is 5.92 Å². The number of pyridine rings is 2. The van der Waals surface area contributed by atoms with Crippen LogP contribution in [0.4, 0.5) is 17.3 Å². The minimum atomic E-state index is -4.24. The fraction of sp³-hybridized carbons (Fsp3) is 0.280. The molecule has 0 aliphatic carbocycles. The summed E-state index contributed by atoms with van der Waals surface area (Å²) in [5, 5.41) is 10.6. The predicted octanol–water partition coefficient (Wildman–Crippen LogP) is 3.84. The van der Waals surface area contributed by atoms with Crippen LogP contribution in [0.1, 0.15) is 37.6 Å². The fourth-order valence-electron chi connectivity index (χ4n) is 4.78. The van der Waals surface area contributed by atoms with Crippen LogP contribution in [0.5, 0.6) is 0 Å². The molecule has 1 unspecified atom stereocenters. The largest absolute Gasteiger partial charge is 0.351 e. The maximum atomic E-state index is 13.2. The molecule has 0 spiro atoms. The third-order valence-corrected chi connectivity index (χ3v) is 7.53. The maximum absolute atomic E-state index is 13.2. The normalized spacial score (nSPS) is 17.3. The lowest BCUT2D eigenvalue weighted by Gasteiger charge is -2.33. The van der Waals surface area contributed by atoms with Gasteiger partial charge in [-0.2, -0.15) is 13.5 Å². The third-order valence-electron chi connectivity index (χ3n) is 6.30. The topological polar surface area (TPSA) is 133 Å². The molecule has 11 heteroatoms. The fourth-order valence-corrected chi connectivity index (χ4v) is 5.72. The molecule has 186 valence electrons. The molecule has 0 radical (unpaired) electrons. The van der Waals surface area contributed by atoms with Crippen LogP contribution in [0.25, 0.3) is 10.9 Å². The van der Waals surface area contributed by atoms with E-state index in [0.29, 0.717) is 17.6 Å². The molecular weight excluding hydrogens is 478 g/mol. The van der Waals surface area contributed by atoms with Gasteiger partial charge < -0.3 is 10.2 Å². The molecule has 0 bridgehead atoms. The van der Waals surface area contributed by atoms with Gasteiger partial charge in [0.25, 0.3) is 15.9 Å². The van der Waals surface area contributed by atoms with Crippen molar-refractivity contribution in [2.75, 3.05) is 16.8 Å². The molecule has 1 amide bonds. The van der Waals surface area contributed by atoms with Gasteiger partial charge in [0.15, 0.2) is 5.03 Å². The lowest BCUT2D eigenvalue weighted by atomic mass is 9.97. The molecule has 10 nitrogen and oxygen atoms in total. The molecule has 1 aliphatic heterocycles. The lowest BCUT2D eigenvalue weighted by Crippen LogP contribution is -2.41. The Balaban J connectivity index is 1.38. The molecule has 5 rings (SSSR count). The van der Waals surface area contributed by atoms with Crippen molar-refractivity contribution in [1.29, 1.82) is 0 Å². The Morgan fingerprint density at radius 3 is 2.78 bits per heavy atom. The average Bonchev–Trinajstić information content (AvgIpc) is 3.41. The number of anilines is 3. The number of carbonyl (C=O) groups excluding carboxylic acids is 1. The van der Waals surface area contributed by atoms with Crippen LogP contribution in [-0.4, -0.2) is 46.6 Å². The Morgan fingerprint density at radius 1 is 1.17 bits per heavy atom. The first-order chi connectivity index (χ1) is 17.1. The van der Waals surface area contributed by atoms with Crippen molar-refractivity contribution >= 4 is 44.2 Å². The third kappa shape index (κ3) is 4.61. The van der Waals surface area contributed by atoms with E-state index in [4.69, 9.17) is 0 Å². The molecule has 1 fully saturated rings. The van der Waals surface area contributed by atoms with Gasteiger partial charge in [0.1, 0.15) is 11.6 Å². The van der Waals surface area contributed by atoms with E-state index in [1.807, 2.05) is 18.2 Å². The second kappa shape index (κ2) is 8.90. The highest BCUT2D eigenvalue weighted by Crippen LogP contribution is 2.37. The number of aromatic nitrogens is 4. The van der Waals surface area contributed by atoms with Gasteiger partial charge in [-0.1, -0.05) is 13.0 Å². The second-order valence-electron chi connectivity index (χ2n) is 9.70. The Morgan fingerprint density at radius 2 is 2.00 bits per heavy atom. The number of H-pyrrole nitrogens is 1. The van der Waals surface area contributed by atoms with Gasteiger partial charge in [-0.3, -0.25) is 9.89 Å². The standard InChI is InChI=1S/C25H27N7O3S/c1-16-13-25(2,3)32(15-16)23-19(6-5-11-26-23)24(33)31-36(34,35)22-8-4-7-21(29-22)28-18-9-10-20-17(12-18)14-27-30-20/h4-12,14,16H,13,15H2,1-3H3,(H,27,30)(H,28,29)(H,31,33). The summed E-state index contributed by atoms with van der Waals surface area (Å²) < 4.78 is 28.4. The Kier molecular flexibility index (Phi) is 5.87. The zero-order valence-electron chi connectivity index (χ0n) is 20.2. The number of hydrogen-bond acceptors (Lipinski definition) is 8. The smallest absolute Gasteiger partial charge is 0.281 e. The van der Waals surface area contributed by atoms with Crippen molar-refractivity contribution in [3.8, 4) is 0 Å². The first kappa shape index (κ1) is 23.7. The number of benzene rings is 1. The van der Waals surface area contributed by atoms with Crippen molar-refractivity contribution in [3.05, 3.63) is 66.5 Å². The molecular formula is C25H27N7O3S. The zero-order chi connectivity index (χ0) is 25.5. The summed E-state index contributed by atoms with van der Waals surface area (Å²) in [6.45, 7) is 7.07. The van der Waals surface area contributed by atoms with Crippen molar-refractivity contribution in [3.63, 3.8) is 0 Å². The van der Waals surface area contributed by atoms with Gasteiger partial charge >= 0.3 is 0 Å². The van der Waals surface area contributed by atoms with E-state index in [1.54, 1.807) is 36.7 Å². The summed E-state index contributed by atoms with van der Waals surface area (Å²) in [5.41, 5.74) is 1.60. The van der Waals surface area contributed by atoms with Crippen LogP contribution >= 0.6 is 0 Å². The minimum Gasteiger partial charge on any atom is -0.351 e. The number of rotatable bonds is 6. The van der Waals surface area contributed by atoms with Crippen LogP contribution in [0.15, 0.2) is 66.0 Å². The number of carbonyl (C=O) groups is 1. The van der Waals surface area contributed by atoms with E-state index >= 15 is 0 Å². The maximum Gasteiger partial charge on any atom is 0.281 e. The predicted molar refractivity (Wildman–Crippen MR) is 138 cm³/mol. The molecule has 3 aromatic heterocycles. The monoisotopic (exact) mass is 505 g/mol. The number of nitrogens with one attached hydrogen (secondary N) is 3. The number of fused-ring (bicyclic) bond motifs is 1. The Hall–Kier alpha value is -3.99. The summed E-state index contributed by atoms with van der Waals surface area (Å²) >= 11 is 0. The number of amides is 1. The van der Waals surface area contributed by atoms with Gasteiger partial charge in [-0.15, -0.1) is 0 Å². The van der Waals surface area contributed by atoms with E-state index in [-0.39, 0.29) is 16.1 Å². The Labute approximate surface area is 209 Å². The highest BCUT2D eigenvalue weighted by molar-refractivity contribution is 7.90. The Bertz CT molecular complexity index is 1550. The van der Waals surface area contributed by atoms with Crippen LogP contribution in [0, 0.1) is 5.92 Å². The summed E-state index contributed by atoms with van der Waals surface area (Å²) in [4.78, 5) is 23.9. The quantitative estimate of drug-likeness (QED) is 0.360. The van der Waals surface area contributed by atoms with Crippen molar-refractivity contribution in [1.82, 2.24) is 24.9 Å². The molecule has 1 aliphatic rings. The molecule has 3 N–H and O–H groups in total. The summed E-state index contributed by atoms with van der Waals surface area (Å²) in [7, 11) is -4.24. The van der Waals surface area contributed by atoms with E-state index < -0.39 is 15.9 Å². The molecule has 36 heavy (non-hydrogen) atoms. The highest BCUT2D eigenvalue weighted by Gasteiger charge is 2.39. The van der Waals surface area contributed by atoms with Gasteiger partial charge in [0, 0.05) is 29.4 Å². The van der Waals surface area contributed by atoms with Crippen LogP contribution in [0.3, 0.4) is 0 Å². The van der Waals surface area contributed by atoms with Crippen LogP contribution < -0.4 is 14.9 Å². The summed E-state index contributed by atoms with van der Waals surface area (Å²) in [5.74, 6) is 0.468. The summed E-state index contributed by atoms with van der Waals surface area (Å²) in [6, 6.07) is 13.3.